The van der Waals surface area contributed by atoms with E-state index in [2.05, 4.69) is 15.4 Å². The second kappa shape index (κ2) is 8.32. The number of benzene rings is 2. The Kier molecular flexibility index (Phi) is 6.16. The van der Waals surface area contributed by atoms with Crippen molar-refractivity contribution < 1.29 is 32.2 Å². The van der Waals surface area contributed by atoms with E-state index < -0.39 is 12.4 Å². The second-order valence-corrected chi connectivity index (χ2v) is 5.07. The van der Waals surface area contributed by atoms with Crippen LogP contribution in [0.25, 0.3) is 0 Å². The van der Waals surface area contributed by atoms with Gasteiger partial charge in [-0.05, 0) is 29.8 Å². The number of rotatable bonds is 6. The first-order chi connectivity index (χ1) is 12.3. The summed E-state index contributed by atoms with van der Waals surface area (Å²) in [5.41, 5.74) is 0.864. The first-order valence-corrected chi connectivity index (χ1v) is 7.42. The summed E-state index contributed by atoms with van der Waals surface area (Å²) in [6.45, 7) is 0.0133. The zero-order valence-corrected chi connectivity index (χ0v) is 14.0. The lowest BCUT2D eigenvalue weighted by Crippen LogP contribution is -2.28. The quantitative estimate of drug-likeness (QED) is 0.809. The molecule has 0 fully saturated rings. The molecule has 2 N–H and O–H groups in total. The molecule has 0 spiro atoms. The van der Waals surface area contributed by atoms with Gasteiger partial charge in [-0.3, -0.25) is 0 Å². The average Bonchev–Trinajstić information content (AvgIpc) is 2.59. The highest BCUT2D eigenvalue weighted by atomic mass is 19.4. The Morgan fingerprint density at radius 3 is 2.46 bits per heavy atom. The molecule has 0 saturated heterocycles. The normalized spacial score (nSPS) is 10.8. The summed E-state index contributed by atoms with van der Waals surface area (Å²) in [5.74, 6) is 0.614. The molecular weight excluding hydrogens is 353 g/mol. The van der Waals surface area contributed by atoms with E-state index in [-0.39, 0.29) is 12.3 Å². The van der Waals surface area contributed by atoms with Crippen molar-refractivity contribution in [1.29, 1.82) is 0 Å². The van der Waals surface area contributed by atoms with Gasteiger partial charge in [0.15, 0.2) is 0 Å². The molecule has 0 bridgehead atoms. The molecule has 2 rings (SSSR count). The first-order valence-electron chi connectivity index (χ1n) is 7.42. The third kappa shape index (κ3) is 5.76. The molecule has 0 unspecified atom stereocenters. The number of ether oxygens (including phenoxy) is 3. The molecule has 2 amide bonds. The van der Waals surface area contributed by atoms with Gasteiger partial charge in [-0.1, -0.05) is 12.1 Å². The number of hydrogen-bond donors (Lipinski definition) is 2. The molecule has 0 radical (unpaired) electrons. The van der Waals surface area contributed by atoms with E-state index >= 15 is 0 Å². The second-order valence-electron chi connectivity index (χ2n) is 5.07. The lowest BCUT2D eigenvalue weighted by atomic mass is 10.2. The highest BCUT2D eigenvalue weighted by Gasteiger charge is 2.31. The Morgan fingerprint density at radius 2 is 1.81 bits per heavy atom. The smallest absolute Gasteiger partial charge is 0.497 e. The molecule has 0 saturated carbocycles. The van der Waals surface area contributed by atoms with E-state index in [1.54, 1.807) is 24.3 Å². The SMILES string of the molecule is COc1ccc(NC(=O)NCc2cccc(OC(F)(F)F)c2)c(OC)c1. The minimum atomic E-state index is -4.77. The summed E-state index contributed by atoms with van der Waals surface area (Å²) in [6, 6.07) is 9.66. The van der Waals surface area contributed by atoms with E-state index in [4.69, 9.17) is 9.47 Å². The third-order valence-electron chi connectivity index (χ3n) is 3.24. The minimum absolute atomic E-state index is 0.0133. The van der Waals surface area contributed by atoms with Gasteiger partial charge in [-0.15, -0.1) is 13.2 Å². The highest BCUT2D eigenvalue weighted by Crippen LogP contribution is 2.29. The number of methoxy groups -OCH3 is 2. The summed E-state index contributed by atoms with van der Waals surface area (Å²) in [4.78, 5) is 12.0. The average molecular weight is 370 g/mol. The molecule has 0 aromatic heterocycles. The van der Waals surface area contributed by atoms with Crippen LogP contribution in [0.5, 0.6) is 17.2 Å². The van der Waals surface area contributed by atoms with E-state index in [0.29, 0.717) is 22.7 Å². The van der Waals surface area contributed by atoms with Crippen LogP contribution in [-0.4, -0.2) is 26.6 Å². The number of halogens is 3. The summed E-state index contributed by atoms with van der Waals surface area (Å²) in [6.07, 6.45) is -4.77. The fraction of sp³-hybridized carbons (Fsp3) is 0.235. The predicted octanol–water partition coefficient (Wildman–Crippen LogP) is 3.92. The van der Waals surface area contributed by atoms with E-state index in [9.17, 15) is 18.0 Å². The van der Waals surface area contributed by atoms with Gasteiger partial charge in [0.25, 0.3) is 0 Å². The predicted molar refractivity (Wildman–Crippen MR) is 88.5 cm³/mol. The number of carbonyl (C=O) groups excluding carboxylic acids is 1. The molecule has 6 nitrogen and oxygen atoms in total. The molecule has 9 heteroatoms. The van der Waals surface area contributed by atoms with Gasteiger partial charge in [0.05, 0.1) is 19.9 Å². The fourth-order valence-corrected chi connectivity index (χ4v) is 2.10. The molecule has 140 valence electrons. The summed E-state index contributed by atoms with van der Waals surface area (Å²) >= 11 is 0. The number of amides is 2. The van der Waals surface area contributed by atoms with Crippen LogP contribution in [0.3, 0.4) is 0 Å². The van der Waals surface area contributed by atoms with Crippen molar-refractivity contribution in [1.82, 2.24) is 5.32 Å². The van der Waals surface area contributed by atoms with Crippen molar-refractivity contribution in [2.24, 2.45) is 0 Å². The maximum atomic E-state index is 12.2. The summed E-state index contributed by atoms with van der Waals surface area (Å²) in [5, 5.41) is 5.14. The van der Waals surface area contributed by atoms with Crippen LogP contribution in [0.1, 0.15) is 5.56 Å². The molecule has 2 aromatic rings. The lowest BCUT2D eigenvalue weighted by Gasteiger charge is -2.13. The molecule has 2 aromatic carbocycles. The van der Waals surface area contributed by atoms with Gasteiger partial charge >= 0.3 is 12.4 Å². The monoisotopic (exact) mass is 370 g/mol. The van der Waals surface area contributed by atoms with E-state index in [1.807, 2.05) is 0 Å². The number of alkyl halides is 3. The number of anilines is 1. The maximum absolute atomic E-state index is 12.2. The van der Waals surface area contributed by atoms with Crippen LogP contribution in [0.15, 0.2) is 42.5 Å². The van der Waals surface area contributed by atoms with Crippen LogP contribution in [0.4, 0.5) is 23.7 Å². The molecule has 0 aliphatic heterocycles. The van der Waals surface area contributed by atoms with E-state index in [0.717, 1.165) is 0 Å². The molecular formula is C17H17F3N2O4. The van der Waals surface area contributed by atoms with Gasteiger partial charge in [0.1, 0.15) is 17.2 Å². The Hall–Kier alpha value is -3.10. The van der Waals surface area contributed by atoms with Gasteiger partial charge in [-0.2, -0.15) is 0 Å². The maximum Gasteiger partial charge on any atom is 0.573 e. The van der Waals surface area contributed by atoms with Gasteiger partial charge in [0, 0.05) is 12.6 Å². The van der Waals surface area contributed by atoms with Crippen LogP contribution in [0, 0.1) is 0 Å². The number of hydrogen-bond acceptors (Lipinski definition) is 4. The Bertz CT molecular complexity index is 766. The van der Waals surface area contributed by atoms with Gasteiger partial charge < -0.3 is 24.8 Å². The highest BCUT2D eigenvalue weighted by molar-refractivity contribution is 5.91. The Balaban J connectivity index is 1.96. The fourth-order valence-electron chi connectivity index (χ4n) is 2.10. The first kappa shape index (κ1) is 19.2. The van der Waals surface area contributed by atoms with Gasteiger partial charge in [0.2, 0.25) is 0 Å². The molecule has 0 heterocycles. The largest absolute Gasteiger partial charge is 0.573 e. The lowest BCUT2D eigenvalue weighted by molar-refractivity contribution is -0.274. The van der Waals surface area contributed by atoms with Gasteiger partial charge in [-0.25, -0.2) is 4.79 Å². The molecule has 0 aliphatic rings. The van der Waals surface area contributed by atoms with Crippen molar-refractivity contribution in [3.63, 3.8) is 0 Å². The number of nitrogens with one attached hydrogen (secondary N) is 2. The zero-order valence-electron chi connectivity index (χ0n) is 14.0. The van der Waals surface area contributed by atoms with Crippen molar-refractivity contribution in [3.05, 3.63) is 48.0 Å². The topological polar surface area (TPSA) is 68.8 Å². The number of carbonyl (C=O) groups is 1. The minimum Gasteiger partial charge on any atom is -0.497 e. The van der Waals surface area contributed by atoms with Crippen molar-refractivity contribution in [3.8, 4) is 17.2 Å². The van der Waals surface area contributed by atoms with Crippen molar-refractivity contribution in [2.45, 2.75) is 12.9 Å². The third-order valence-corrected chi connectivity index (χ3v) is 3.24. The van der Waals surface area contributed by atoms with Crippen molar-refractivity contribution in [2.75, 3.05) is 19.5 Å². The van der Waals surface area contributed by atoms with Crippen LogP contribution >= 0.6 is 0 Å². The Labute approximate surface area is 147 Å². The van der Waals surface area contributed by atoms with Crippen LogP contribution in [0.2, 0.25) is 0 Å². The molecule has 0 aliphatic carbocycles. The molecule has 0 atom stereocenters. The van der Waals surface area contributed by atoms with E-state index in [1.165, 1.54) is 32.4 Å². The number of urea groups is 1. The van der Waals surface area contributed by atoms with Crippen molar-refractivity contribution >= 4 is 11.7 Å². The Morgan fingerprint density at radius 1 is 1.04 bits per heavy atom. The standard InChI is InChI=1S/C17H17F3N2O4/c1-24-12-6-7-14(15(9-12)25-2)22-16(23)21-10-11-4-3-5-13(8-11)26-17(18,19)20/h3-9H,10H2,1-2H3,(H2,21,22,23). The summed E-state index contributed by atoms with van der Waals surface area (Å²) < 4.78 is 50.8. The summed E-state index contributed by atoms with van der Waals surface area (Å²) in [7, 11) is 2.95. The van der Waals surface area contributed by atoms with Crippen LogP contribution < -0.4 is 24.8 Å². The zero-order chi connectivity index (χ0) is 19.2. The van der Waals surface area contributed by atoms with Crippen LogP contribution in [-0.2, 0) is 6.54 Å². The molecule has 26 heavy (non-hydrogen) atoms.